The zero-order valence-corrected chi connectivity index (χ0v) is 11.4. The zero-order chi connectivity index (χ0) is 13.5. The summed E-state index contributed by atoms with van der Waals surface area (Å²) in [5.41, 5.74) is 6.17. The molecule has 1 aliphatic carbocycles. The van der Waals surface area contributed by atoms with Crippen LogP contribution in [0.4, 0.5) is 4.39 Å². The Labute approximate surface area is 112 Å². The van der Waals surface area contributed by atoms with Crippen molar-refractivity contribution in [3.63, 3.8) is 0 Å². The van der Waals surface area contributed by atoms with E-state index in [4.69, 9.17) is 17.3 Å². The highest BCUT2D eigenvalue weighted by molar-refractivity contribution is 6.31. The zero-order valence-electron chi connectivity index (χ0n) is 10.7. The van der Waals surface area contributed by atoms with Crippen LogP contribution in [-0.2, 0) is 0 Å². The van der Waals surface area contributed by atoms with Gasteiger partial charge >= 0.3 is 0 Å². The molecule has 2 rings (SSSR count). The third-order valence-corrected chi connectivity index (χ3v) is 4.37. The molecule has 3 N–H and O–H groups in total. The first kappa shape index (κ1) is 13.8. The van der Waals surface area contributed by atoms with Gasteiger partial charge in [0, 0.05) is 23.0 Å². The molecule has 3 unspecified atom stereocenters. The molecule has 0 saturated heterocycles. The Kier molecular flexibility index (Phi) is 3.67. The molecule has 1 aromatic carbocycles. The van der Waals surface area contributed by atoms with Crippen molar-refractivity contribution in [2.24, 2.45) is 17.1 Å². The predicted octanol–water partition coefficient (Wildman–Crippen LogP) is 2.93. The van der Waals surface area contributed by atoms with E-state index in [-0.39, 0.29) is 17.9 Å². The fourth-order valence-electron chi connectivity index (χ4n) is 2.66. The lowest BCUT2D eigenvalue weighted by molar-refractivity contribution is 0.108. The first-order valence-corrected chi connectivity index (χ1v) is 6.58. The molecule has 2 nitrogen and oxygen atoms in total. The fourth-order valence-corrected chi connectivity index (χ4v) is 2.97. The maximum atomic E-state index is 13.9. The summed E-state index contributed by atoms with van der Waals surface area (Å²) in [7, 11) is 0. The smallest absolute Gasteiger partial charge is 0.128 e. The number of nitrogens with two attached hydrogens (primary N) is 1. The first-order valence-electron chi connectivity index (χ1n) is 6.20. The summed E-state index contributed by atoms with van der Waals surface area (Å²) in [5.74, 6) is -0.664. The fraction of sp³-hybridized carbons (Fsp3) is 0.571. The minimum absolute atomic E-state index is 0.116. The molecule has 1 aliphatic rings. The van der Waals surface area contributed by atoms with Crippen LogP contribution in [-0.4, -0.2) is 17.8 Å². The third kappa shape index (κ3) is 2.40. The third-order valence-electron chi connectivity index (χ3n) is 4.04. The first-order chi connectivity index (χ1) is 8.38. The van der Waals surface area contributed by atoms with Gasteiger partial charge in [0.1, 0.15) is 5.82 Å². The molecule has 0 bridgehead atoms. The van der Waals surface area contributed by atoms with Crippen LogP contribution in [0.3, 0.4) is 0 Å². The van der Waals surface area contributed by atoms with Gasteiger partial charge in [-0.15, -0.1) is 0 Å². The van der Waals surface area contributed by atoms with Crippen molar-refractivity contribution in [1.29, 1.82) is 0 Å². The molecule has 1 aromatic rings. The van der Waals surface area contributed by atoms with Crippen LogP contribution in [0.2, 0.25) is 5.02 Å². The Morgan fingerprint density at radius 2 is 2.17 bits per heavy atom. The summed E-state index contributed by atoms with van der Waals surface area (Å²) in [4.78, 5) is 0. The molecule has 1 saturated carbocycles. The Balaban J connectivity index is 2.29. The highest BCUT2D eigenvalue weighted by Gasteiger charge is 2.52. The van der Waals surface area contributed by atoms with Gasteiger partial charge in [0.2, 0.25) is 0 Å². The van der Waals surface area contributed by atoms with Crippen molar-refractivity contribution >= 4 is 11.6 Å². The summed E-state index contributed by atoms with van der Waals surface area (Å²) in [6, 6.07) is 4.55. The lowest BCUT2D eigenvalue weighted by Crippen LogP contribution is -2.30. The second-order valence-electron chi connectivity index (χ2n) is 5.77. The monoisotopic (exact) mass is 271 g/mol. The number of hydrogen-bond acceptors (Lipinski definition) is 2. The maximum Gasteiger partial charge on any atom is 0.128 e. The number of benzene rings is 1. The van der Waals surface area contributed by atoms with E-state index in [1.165, 1.54) is 6.07 Å². The van der Waals surface area contributed by atoms with Crippen molar-refractivity contribution in [1.82, 2.24) is 0 Å². The Morgan fingerprint density at radius 1 is 1.56 bits per heavy atom. The van der Waals surface area contributed by atoms with Gasteiger partial charge in [0.25, 0.3) is 0 Å². The van der Waals surface area contributed by atoms with Crippen LogP contribution in [0.1, 0.15) is 31.7 Å². The van der Waals surface area contributed by atoms with E-state index in [1.807, 2.05) is 0 Å². The summed E-state index contributed by atoms with van der Waals surface area (Å²) >= 11 is 6.04. The van der Waals surface area contributed by atoms with Crippen LogP contribution in [0.15, 0.2) is 18.2 Å². The van der Waals surface area contributed by atoms with Gasteiger partial charge in [0.15, 0.2) is 0 Å². The molecule has 0 amide bonds. The second kappa shape index (κ2) is 4.80. The number of hydrogen-bond donors (Lipinski definition) is 2. The molecular weight excluding hydrogens is 253 g/mol. The average molecular weight is 272 g/mol. The van der Waals surface area contributed by atoms with Crippen LogP contribution in [0.5, 0.6) is 0 Å². The molecule has 0 radical (unpaired) electrons. The normalized spacial score (nSPS) is 24.7. The van der Waals surface area contributed by atoms with Crippen LogP contribution >= 0.6 is 11.6 Å². The van der Waals surface area contributed by atoms with Gasteiger partial charge in [-0.3, -0.25) is 0 Å². The molecule has 1 fully saturated rings. The van der Waals surface area contributed by atoms with Crippen LogP contribution in [0.25, 0.3) is 0 Å². The molecule has 0 spiro atoms. The quantitative estimate of drug-likeness (QED) is 0.884. The SMILES string of the molecule is CC1(C)CC1C(O)C(CN)c1c(F)cccc1Cl. The predicted molar refractivity (Wildman–Crippen MR) is 71.1 cm³/mol. The Hall–Kier alpha value is -0.640. The Bertz CT molecular complexity index is 429. The topological polar surface area (TPSA) is 46.2 Å². The van der Waals surface area contributed by atoms with Gasteiger partial charge in [-0.1, -0.05) is 31.5 Å². The number of halogens is 2. The molecule has 4 heteroatoms. The molecule has 0 aromatic heterocycles. The van der Waals surface area contributed by atoms with Gasteiger partial charge in [-0.05, 0) is 29.9 Å². The lowest BCUT2D eigenvalue weighted by Gasteiger charge is -2.24. The number of aliphatic hydroxyl groups is 1. The van der Waals surface area contributed by atoms with Crippen LogP contribution in [0, 0.1) is 17.2 Å². The molecular formula is C14H19ClFNO. The van der Waals surface area contributed by atoms with E-state index < -0.39 is 17.8 Å². The summed E-state index contributed by atoms with van der Waals surface area (Å²) in [5, 5.41) is 10.7. The van der Waals surface area contributed by atoms with E-state index in [1.54, 1.807) is 12.1 Å². The average Bonchev–Trinajstić information content (AvgIpc) is 2.92. The van der Waals surface area contributed by atoms with Crippen molar-refractivity contribution in [2.75, 3.05) is 6.54 Å². The maximum absolute atomic E-state index is 13.9. The van der Waals surface area contributed by atoms with Gasteiger partial charge in [0.05, 0.1) is 6.10 Å². The molecule has 18 heavy (non-hydrogen) atoms. The summed E-state index contributed by atoms with van der Waals surface area (Å²) in [6.07, 6.45) is 0.302. The molecule has 0 aliphatic heterocycles. The largest absolute Gasteiger partial charge is 0.392 e. The van der Waals surface area contributed by atoms with Gasteiger partial charge in [-0.2, -0.15) is 0 Å². The van der Waals surface area contributed by atoms with Crippen molar-refractivity contribution in [3.05, 3.63) is 34.6 Å². The Morgan fingerprint density at radius 3 is 2.61 bits per heavy atom. The highest BCUT2D eigenvalue weighted by atomic mass is 35.5. The van der Waals surface area contributed by atoms with Gasteiger partial charge in [-0.25, -0.2) is 4.39 Å². The van der Waals surface area contributed by atoms with Crippen molar-refractivity contribution in [2.45, 2.75) is 32.3 Å². The summed E-state index contributed by atoms with van der Waals surface area (Å²) < 4.78 is 13.9. The number of aliphatic hydroxyl groups excluding tert-OH is 1. The van der Waals surface area contributed by atoms with E-state index in [0.717, 1.165) is 6.42 Å². The summed E-state index contributed by atoms with van der Waals surface area (Å²) in [6.45, 7) is 4.38. The number of rotatable bonds is 4. The van der Waals surface area contributed by atoms with E-state index in [2.05, 4.69) is 13.8 Å². The standard InChI is InChI=1S/C14H19ClFNO/c1-14(2)6-9(14)13(18)8(7-17)12-10(15)4-3-5-11(12)16/h3-5,8-9,13,18H,6-7,17H2,1-2H3. The van der Waals surface area contributed by atoms with Crippen molar-refractivity contribution < 1.29 is 9.50 Å². The van der Waals surface area contributed by atoms with E-state index in [0.29, 0.717) is 10.6 Å². The molecule has 0 heterocycles. The van der Waals surface area contributed by atoms with E-state index >= 15 is 0 Å². The molecule has 100 valence electrons. The second-order valence-corrected chi connectivity index (χ2v) is 6.17. The minimum Gasteiger partial charge on any atom is -0.392 e. The van der Waals surface area contributed by atoms with Crippen molar-refractivity contribution in [3.8, 4) is 0 Å². The minimum atomic E-state index is -0.639. The van der Waals surface area contributed by atoms with E-state index in [9.17, 15) is 9.50 Å². The lowest BCUT2D eigenvalue weighted by atomic mass is 9.88. The van der Waals surface area contributed by atoms with Crippen LogP contribution < -0.4 is 5.73 Å². The molecule has 3 atom stereocenters. The van der Waals surface area contributed by atoms with Gasteiger partial charge < -0.3 is 10.8 Å². The highest BCUT2D eigenvalue weighted by Crippen LogP contribution is 2.56.